The standard InChI is InChI=1S/C14H24N2O3S2/c1-11(2)15-9-12-8-13(10-20-12)21(17,18)16-14(3)4-6-19-7-5-14/h8,10-11,15-16H,4-7,9H2,1-3H3. The van der Waals surface area contributed by atoms with E-state index in [9.17, 15) is 8.42 Å². The molecule has 0 aliphatic carbocycles. The van der Waals surface area contributed by atoms with Gasteiger partial charge in [-0.05, 0) is 25.8 Å². The summed E-state index contributed by atoms with van der Waals surface area (Å²) in [6.07, 6.45) is 1.41. The molecule has 0 amide bonds. The maximum atomic E-state index is 12.5. The molecular formula is C14H24N2O3S2. The second-order valence-corrected chi connectivity index (χ2v) is 8.74. The first-order valence-corrected chi connectivity index (χ1v) is 9.60. The van der Waals surface area contributed by atoms with Crippen molar-refractivity contribution >= 4 is 21.4 Å². The van der Waals surface area contributed by atoms with Crippen LogP contribution in [0.3, 0.4) is 0 Å². The van der Waals surface area contributed by atoms with E-state index >= 15 is 0 Å². The Kier molecular flexibility index (Phi) is 5.43. The maximum Gasteiger partial charge on any atom is 0.241 e. The van der Waals surface area contributed by atoms with Crippen LogP contribution in [0.2, 0.25) is 0 Å². The number of hydrogen-bond donors (Lipinski definition) is 2. The predicted octanol–water partition coefficient (Wildman–Crippen LogP) is 2.09. The van der Waals surface area contributed by atoms with Crippen molar-refractivity contribution in [1.82, 2.24) is 10.0 Å². The van der Waals surface area contributed by atoms with Gasteiger partial charge < -0.3 is 10.1 Å². The Morgan fingerprint density at radius 3 is 2.67 bits per heavy atom. The molecule has 7 heteroatoms. The second kappa shape index (κ2) is 6.75. The number of rotatable bonds is 6. The van der Waals surface area contributed by atoms with Crippen LogP contribution in [0.1, 0.15) is 38.5 Å². The summed E-state index contributed by atoms with van der Waals surface area (Å²) in [4.78, 5) is 1.39. The Labute approximate surface area is 131 Å². The lowest BCUT2D eigenvalue weighted by Crippen LogP contribution is -2.49. The molecule has 21 heavy (non-hydrogen) atoms. The molecule has 1 aromatic rings. The lowest BCUT2D eigenvalue weighted by molar-refractivity contribution is 0.0537. The van der Waals surface area contributed by atoms with Gasteiger partial charge in [0.2, 0.25) is 10.0 Å². The van der Waals surface area contributed by atoms with Crippen molar-refractivity contribution in [1.29, 1.82) is 0 Å². The summed E-state index contributed by atoms with van der Waals surface area (Å²) in [5, 5.41) is 5.00. The van der Waals surface area contributed by atoms with E-state index in [1.165, 1.54) is 11.3 Å². The largest absolute Gasteiger partial charge is 0.381 e. The van der Waals surface area contributed by atoms with Gasteiger partial charge in [0.05, 0.1) is 4.90 Å². The van der Waals surface area contributed by atoms with Gasteiger partial charge in [-0.25, -0.2) is 13.1 Å². The molecule has 0 aromatic carbocycles. The minimum absolute atomic E-state index is 0.362. The third-order valence-electron chi connectivity index (χ3n) is 3.60. The van der Waals surface area contributed by atoms with Crippen LogP contribution in [0.4, 0.5) is 0 Å². The van der Waals surface area contributed by atoms with Gasteiger partial charge in [-0.3, -0.25) is 0 Å². The van der Waals surface area contributed by atoms with E-state index in [0.29, 0.717) is 43.5 Å². The zero-order chi connectivity index (χ0) is 15.5. The molecule has 5 nitrogen and oxygen atoms in total. The SMILES string of the molecule is CC(C)NCc1cc(S(=O)(=O)NC2(C)CCOCC2)cs1. The van der Waals surface area contributed by atoms with E-state index in [-0.39, 0.29) is 0 Å². The van der Waals surface area contributed by atoms with Crippen molar-refractivity contribution in [3.05, 3.63) is 16.3 Å². The zero-order valence-electron chi connectivity index (χ0n) is 12.8. The molecule has 1 fully saturated rings. The van der Waals surface area contributed by atoms with Gasteiger partial charge in [0.15, 0.2) is 0 Å². The van der Waals surface area contributed by atoms with Crippen LogP contribution in [0.5, 0.6) is 0 Å². The molecular weight excluding hydrogens is 308 g/mol. The van der Waals surface area contributed by atoms with Crippen LogP contribution in [0.15, 0.2) is 16.3 Å². The average molecular weight is 332 g/mol. The monoisotopic (exact) mass is 332 g/mol. The summed E-state index contributed by atoms with van der Waals surface area (Å²) < 4.78 is 33.1. The Balaban J connectivity index is 2.05. The molecule has 1 saturated heterocycles. The summed E-state index contributed by atoms with van der Waals surface area (Å²) in [6, 6.07) is 2.14. The van der Waals surface area contributed by atoms with E-state index < -0.39 is 15.6 Å². The second-order valence-electron chi connectivity index (χ2n) is 6.06. The Morgan fingerprint density at radius 2 is 2.05 bits per heavy atom. The summed E-state index contributed by atoms with van der Waals surface area (Å²) in [5.41, 5.74) is -0.407. The molecule has 1 aromatic heterocycles. The minimum atomic E-state index is -3.46. The first kappa shape index (κ1) is 16.9. The van der Waals surface area contributed by atoms with Crippen LogP contribution in [-0.2, 0) is 21.3 Å². The van der Waals surface area contributed by atoms with Gasteiger partial charge in [-0.1, -0.05) is 13.8 Å². The first-order valence-electron chi connectivity index (χ1n) is 7.23. The fourth-order valence-electron chi connectivity index (χ4n) is 2.21. The van der Waals surface area contributed by atoms with E-state index in [1.807, 2.05) is 6.92 Å². The topological polar surface area (TPSA) is 67.4 Å². The molecule has 0 bridgehead atoms. The number of ether oxygens (including phenoxy) is 1. The third kappa shape index (κ3) is 4.75. The van der Waals surface area contributed by atoms with Gasteiger partial charge in [0, 0.05) is 41.6 Å². The minimum Gasteiger partial charge on any atom is -0.381 e. The molecule has 0 spiro atoms. The quantitative estimate of drug-likeness (QED) is 0.837. The number of hydrogen-bond acceptors (Lipinski definition) is 5. The van der Waals surface area contributed by atoms with Crippen molar-refractivity contribution in [2.24, 2.45) is 0 Å². The molecule has 0 saturated carbocycles. The normalized spacial score (nSPS) is 19.0. The number of sulfonamides is 1. The Bertz CT molecular complexity index is 561. The molecule has 2 heterocycles. The van der Waals surface area contributed by atoms with Gasteiger partial charge in [-0.15, -0.1) is 11.3 Å². The van der Waals surface area contributed by atoms with Crippen molar-refractivity contribution in [2.45, 2.75) is 56.6 Å². The predicted molar refractivity (Wildman–Crippen MR) is 85.1 cm³/mol. The molecule has 2 N–H and O–H groups in total. The van der Waals surface area contributed by atoms with Gasteiger partial charge >= 0.3 is 0 Å². The van der Waals surface area contributed by atoms with Crippen molar-refractivity contribution in [3.8, 4) is 0 Å². The van der Waals surface area contributed by atoms with E-state index in [0.717, 1.165) is 4.88 Å². The van der Waals surface area contributed by atoms with Crippen LogP contribution in [-0.4, -0.2) is 33.2 Å². The highest BCUT2D eigenvalue weighted by molar-refractivity contribution is 7.89. The highest BCUT2D eigenvalue weighted by Gasteiger charge is 2.32. The van der Waals surface area contributed by atoms with Crippen LogP contribution < -0.4 is 10.0 Å². The molecule has 1 aliphatic heterocycles. The van der Waals surface area contributed by atoms with Crippen LogP contribution in [0, 0.1) is 0 Å². The average Bonchev–Trinajstić information content (AvgIpc) is 2.85. The van der Waals surface area contributed by atoms with E-state index in [4.69, 9.17) is 4.74 Å². The first-order chi connectivity index (χ1) is 9.81. The zero-order valence-corrected chi connectivity index (χ0v) is 14.4. The highest BCUT2D eigenvalue weighted by Crippen LogP contribution is 2.25. The fraction of sp³-hybridized carbons (Fsp3) is 0.714. The van der Waals surface area contributed by atoms with Gasteiger partial charge in [0.1, 0.15) is 0 Å². The Hall–Kier alpha value is -0.470. The van der Waals surface area contributed by atoms with Crippen molar-refractivity contribution in [2.75, 3.05) is 13.2 Å². The maximum absolute atomic E-state index is 12.5. The smallest absolute Gasteiger partial charge is 0.241 e. The van der Waals surface area contributed by atoms with Crippen molar-refractivity contribution in [3.63, 3.8) is 0 Å². The van der Waals surface area contributed by atoms with E-state index in [2.05, 4.69) is 23.9 Å². The van der Waals surface area contributed by atoms with Crippen LogP contribution in [0.25, 0.3) is 0 Å². The fourth-order valence-corrected chi connectivity index (χ4v) is 4.90. The summed E-state index contributed by atoms with van der Waals surface area (Å²) in [7, 11) is -3.46. The van der Waals surface area contributed by atoms with Crippen molar-refractivity contribution < 1.29 is 13.2 Å². The lowest BCUT2D eigenvalue weighted by atomic mass is 9.94. The van der Waals surface area contributed by atoms with Gasteiger partial charge in [-0.2, -0.15) is 0 Å². The van der Waals surface area contributed by atoms with Gasteiger partial charge in [0.25, 0.3) is 0 Å². The molecule has 120 valence electrons. The summed E-state index contributed by atoms with van der Waals surface area (Å²) in [6.45, 7) is 7.99. The highest BCUT2D eigenvalue weighted by atomic mass is 32.2. The molecule has 0 radical (unpaired) electrons. The third-order valence-corrected chi connectivity index (χ3v) is 6.31. The summed E-state index contributed by atoms with van der Waals surface area (Å²) >= 11 is 1.47. The number of nitrogens with one attached hydrogen (secondary N) is 2. The van der Waals surface area contributed by atoms with E-state index in [1.54, 1.807) is 11.4 Å². The summed E-state index contributed by atoms with van der Waals surface area (Å²) in [5.74, 6) is 0. The molecule has 2 rings (SSSR count). The molecule has 0 atom stereocenters. The number of thiophene rings is 1. The van der Waals surface area contributed by atoms with Crippen LogP contribution >= 0.6 is 11.3 Å². The lowest BCUT2D eigenvalue weighted by Gasteiger charge is -2.33. The molecule has 0 unspecified atom stereocenters. The molecule has 1 aliphatic rings. The Morgan fingerprint density at radius 1 is 1.38 bits per heavy atom.